The van der Waals surface area contributed by atoms with Crippen LogP contribution in [0.1, 0.15) is 31.5 Å². The topological polar surface area (TPSA) is 79.5 Å². The summed E-state index contributed by atoms with van der Waals surface area (Å²) in [6.07, 6.45) is 4.63. The predicted molar refractivity (Wildman–Crippen MR) is 54.6 cm³/mol. The smallest absolute Gasteiger partial charge is 0.304 e. The molecule has 0 amide bonds. The Morgan fingerprint density at radius 1 is 1.62 bits per heavy atom. The van der Waals surface area contributed by atoms with Gasteiger partial charge in [-0.3, -0.25) is 9.69 Å². The standard InChI is InChI=1S/C10H15N3O3/c14-10(15)5-8-3-1-2-4-13(8)6-9-11-7-16-12-9/h7-8H,1-6H2,(H,14,15). The quantitative estimate of drug-likeness (QED) is 0.820. The number of hydrogen-bond acceptors (Lipinski definition) is 5. The molecule has 1 aromatic rings. The number of carbonyl (C=O) groups is 1. The fourth-order valence-corrected chi connectivity index (χ4v) is 2.14. The minimum Gasteiger partial charge on any atom is -0.481 e. The lowest BCUT2D eigenvalue weighted by molar-refractivity contribution is -0.138. The van der Waals surface area contributed by atoms with Gasteiger partial charge in [0.05, 0.1) is 13.0 Å². The molecule has 0 radical (unpaired) electrons. The van der Waals surface area contributed by atoms with Gasteiger partial charge in [-0.1, -0.05) is 11.6 Å². The maximum absolute atomic E-state index is 10.7. The van der Waals surface area contributed by atoms with E-state index in [9.17, 15) is 4.79 Å². The average molecular weight is 225 g/mol. The van der Waals surface area contributed by atoms with Gasteiger partial charge in [0.1, 0.15) is 0 Å². The van der Waals surface area contributed by atoms with Crippen LogP contribution in [0.2, 0.25) is 0 Å². The van der Waals surface area contributed by atoms with Crippen LogP contribution in [0.5, 0.6) is 0 Å². The van der Waals surface area contributed by atoms with Crippen LogP contribution in [0, 0.1) is 0 Å². The number of rotatable bonds is 4. The number of aromatic nitrogens is 2. The average Bonchev–Trinajstić information content (AvgIpc) is 2.73. The van der Waals surface area contributed by atoms with Gasteiger partial charge in [0, 0.05) is 6.04 Å². The van der Waals surface area contributed by atoms with E-state index in [4.69, 9.17) is 5.11 Å². The fourth-order valence-electron chi connectivity index (χ4n) is 2.14. The maximum atomic E-state index is 10.7. The third-order valence-corrected chi connectivity index (χ3v) is 2.91. The van der Waals surface area contributed by atoms with E-state index in [-0.39, 0.29) is 12.5 Å². The number of carboxylic acid groups (broad SMARTS) is 1. The minimum absolute atomic E-state index is 0.102. The highest BCUT2D eigenvalue weighted by Gasteiger charge is 2.25. The molecule has 0 aliphatic carbocycles. The Balaban J connectivity index is 1.96. The first-order valence-electron chi connectivity index (χ1n) is 5.47. The summed E-state index contributed by atoms with van der Waals surface area (Å²) in [7, 11) is 0. The zero-order valence-corrected chi connectivity index (χ0v) is 9.00. The fraction of sp³-hybridized carbons (Fsp3) is 0.700. The van der Waals surface area contributed by atoms with Crippen molar-refractivity contribution in [2.45, 2.75) is 38.3 Å². The van der Waals surface area contributed by atoms with Crippen LogP contribution >= 0.6 is 0 Å². The van der Waals surface area contributed by atoms with E-state index in [0.29, 0.717) is 12.4 Å². The van der Waals surface area contributed by atoms with Crippen molar-refractivity contribution in [3.05, 3.63) is 12.2 Å². The molecule has 1 aliphatic heterocycles. The highest BCUT2D eigenvalue weighted by atomic mass is 16.5. The molecule has 6 nitrogen and oxygen atoms in total. The van der Waals surface area contributed by atoms with Crippen LogP contribution in [0.4, 0.5) is 0 Å². The van der Waals surface area contributed by atoms with E-state index < -0.39 is 5.97 Å². The lowest BCUT2D eigenvalue weighted by Crippen LogP contribution is -2.40. The van der Waals surface area contributed by atoms with Crippen LogP contribution in [0.15, 0.2) is 10.9 Å². The highest BCUT2D eigenvalue weighted by Crippen LogP contribution is 2.20. The molecule has 2 heterocycles. The van der Waals surface area contributed by atoms with Crippen molar-refractivity contribution in [3.8, 4) is 0 Å². The van der Waals surface area contributed by atoms with E-state index in [1.165, 1.54) is 6.39 Å². The molecule has 0 aromatic carbocycles. The van der Waals surface area contributed by atoms with Gasteiger partial charge in [-0.15, -0.1) is 0 Å². The first-order valence-corrected chi connectivity index (χ1v) is 5.47. The lowest BCUT2D eigenvalue weighted by Gasteiger charge is -2.33. The zero-order valence-electron chi connectivity index (χ0n) is 9.00. The highest BCUT2D eigenvalue weighted by molar-refractivity contribution is 5.67. The van der Waals surface area contributed by atoms with Crippen molar-refractivity contribution in [2.75, 3.05) is 6.54 Å². The molecule has 1 aliphatic rings. The van der Waals surface area contributed by atoms with Gasteiger partial charge in [0.2, 0.25) is 6.39 Å². The van der Waals surface area contributed by atoms with Crippen molar-refractivity contribution in [3.63, 3.8) is 0 Å². The molecule has 1 fully saturated rings. The van der Waals surface area contributed by atoms with Crippen LogP contribution in [0.3, 0.4) is 0 Å². The lowest BCUT2D eigenvalue weighted by atomic mass is 9.99. The maximum Gasteiger partial charge on any atom is 0.304 e. The summed E-state index contributed by atoms with van der Waals surface area (Å²) in [5.74, 6) is -0.123. The van der Waals surface area contributed by atoms with E-state index in [2.05, 4.69) is 19.6 Å². The number of carboxylic acids is 1. The van der Waals surface area contributed by atoms with Gasteiger partial charge in [-0.2, -0.15) is 4.98 Å². The van der Waals surface area contributed by atoms with E-state index in [0.717, 1.165) is 25.8 Å². The number of hydrogen-bond donors (Lipinski definition) is 1. The van der Waals surface area contributed by atoms with Gasteiger partial charge in [0.15, 0.2) is 5.82 Å². The van der Waals surface area contributed by atoms with Crippen LogP contribution in [0.25, 0.3) is 0 Å². The second-order valence-corrected chi connectivity index (χ2v) is 4.07. The largest absolute Gasteiger partial charge is 0.481 e. The number of nitrogens with zero attached hydrogens (tertiary/aromatic N) is 3. The predicted octanol–water partition coefficient (Wildman–Crippen LogP) is 0.899. The van der Waals surface area contributed by atoms with Gasteiger partial charge in [-0.05, 0) is 19.4 Å². The summed E-state index contributed by atoms with van der Waals surface area (Å²) in [4.78, 5) is 16.8. The van der Waals surface area contributed by atoms with Crippen molar-refractivity contribution in [1.82, 2.24) is 15.0 Å². The monoisotopic (exact) mass is 225 g/mol. The molecule has 6 heteroatoms. The van der Waals surface area contributed by atoms with Crippen LogP contribution in [-0.2, 0) is 11.3 Å². The van der Waals surface area contributed by atoms with Crippen LogP contribution < -0.4 is 0 Å². The molecule has 88 valence electrons. The molecule has 1 unspecified atom stereocenters. The molecule has 1 N–H and O–H groups in total. The molecule has 0 bridgehead atoms. The molecule has 1 atom stereocenters. The third kappa shape index (κ3) is 2.79. The SMILES string of the molecule is O=C(O)CC1CCCCN1Cc1ncon1. The zero-order chi connectivity index (χ0) is 11.4. The Kier molecular flexibility index (Phi) is 3.51. The Labute approximate surface area is 93.2 Å². The first kappa shape index (κ1) is 11.1. The second-order valence-electron chi connectivity index (χ2n) is 4.07. The van der Waals surface area contributed by atoms with E-state index in [1.54, 1.807) is 0 Å². The summed E-state index contributed by atoms with van der Waals surface area (Å²) < 4.78 is 4.67. The summed E-state index contributed by atoms with van der Waals surface area (Å²) >= 11 is 0. The molecule has 1 saturated heterocycles. The Hall–Kier alpha value is -1.43. The van der Waals surface area contributed by atoms with Crippen LogP contribution in [-0.4, -0.2) is 38.7 Å². The van der Waals surface area contributed by atoms with Gasteiger partial charge in [-0.25, -0.2) is 0 Å². The number of aliphatic carboxylic acids is 1. The molecule has 0 spiro atoms. The minimum atomic E-state index is -0.745. The molecular formula is C10H15N3O3. The Morgan fingerprint density at radius 2 is 2.50 bits per heavy atom. The molecule has 2 rings (SSSR count). The van der Waals surface area contributed by atoms with Crippen molar-refractivity contribution < 1.29 is 14.4 Å². The second kappa shape index (κ2) is 5.07. The van der Waals surface area contributed by atoms with E-state index in [1.807, 2.05) is 0 Å². The molecule has 16 heavy (non-hydrogen) atoms. The summed E-state index contributed by atoms with van der Waals surface area (Å²) in [6.45, 7) is 1.49. The summed E-state index contributed by atoms with van der Waals surface area (Å²) in [5, 5.41) is 12.6. The van der Waals surface area contributed by atoms with Gasteiger partial charge < -0.3 is 9.63 Å². The molecular weight excluding hydrogens is 210 g/mol. The Bertz CT molecular complexity index is 339. The number of likely N-dealkylation sites (tertiary alicyclic amines) is 1. The summed E-state index contributed by atoms with van der Waals surface area (Å²) in [5.41, 5.74) is 0. The third-order valence-electron chi connectivity index (χ3n) is 2.91. The van der Waals surface area contributed by atoms with Crippen molar-refractivity contribution >= 4 is 5.97 Å². The first-order chi connectivity index (χ1) is 7.75. The normalized spacial score (nSPS) is 22.1. The Morgan fingerprint density at radius 3 is 3.19 bits per heavy atom. The molecule has 0 saturated carbocycles. The van der Waals surface area contributed by atoms with E-state index >= 15 is 0 Å². The van der Waals surface area contributed by atoms with Gasteiger partial charge in [0.25, 0.3) is 0 Å². The summed E-state index contributed by atoms with van der Waals surface area (Å²) in [6, 6.07) is 0.102. The van der Waals surface area contributed by atoms with Gasteiger partial charge >= 0.3 is 5.97 Å². The number of piperidine rings is 1. The van der Waals surface area contributed by atoms with Crippen molar-refractivity contribution in [2.24, 2.45) is 0 Å². The van der Waals surface area contributed by atoms with Crippen molar-refractivity contribution in [1.29, 1.82) is 0 Å². The molecule has 1 aromatic heterocycles.